The zero-order chi connectivity index (χ0) is 13.5. The number of hydrogen-bond donors (Lipinski definition) is 0. The molecule has 0 aromatic carbocycles. The lowest BCUT2D eigenvalue weighted by atomic mass is 9.75. The summed E-state index contributed by atoms with van der Waals surface area (Å²) < 4.78 is 0. The molecule has 19 heavy (non-hydrogen) atoms. The van der Waals surface area contributed by atoms with E-state index in [9.17, 15) is 0 Å². The second-order valence-electron chi connectivity index (χ2n) is 7.76. The zero-order valence-corrected chi connectivity index (χ0v) is 13.5. The van der Waals surface area contributed by atoms with Crippen LogP contribution in [0, 0.1) is 23.7 Å². The zero-order valence-electron chi connectivity index (χ0n) is 13.5. The lowest BCUT2D eigenvalue weighted by Crippen LogP contribution is -2.18. The normalized spacial score (nSPS) is 30.6. The van der Waals surface area contributed by atoms with E-state index in [4.69, 9.17) is 0 Å². The molecule has 0 N–H and O–H groups in total. The van der Waals surface area contributed by atoms with Crippen molar-refractivity contribution in [3.05, 3.63) is 0 Å². The van der Waals surface area contributed by atoms with Crippen molar-refractivity contribution in [3.63, 3.8) is 0 Å². The van der Waals surface area contributed by atoms with Crippen LogP contribution in [0.5, 0.6) is 0 Å². The first-order valence-corrected chi connectivity index (χ1v) is 9.28. The highest BCUT2D eigenvalue weighted by atomic mass is 14.3. The van der Waals surface area contributed by atoms with E-state index in [0.717, 1.165) is 23.7 Å². The molecule has 0 spiro atoms. The minimum Gasteiger partial charge on any atom is -0.0654 e. The summed E-state index contributed by atoms with van der Waals surface area (Å²) >= 11 is 0. The van der Waals surface area contributed by atoms with E-state index in [-0.39, 0.29) is 0 Å². The van der Waals surface area contributed by atoms with Gasteiger partial charge in [0.2, 0.25) is 0 Å². The van der Waals surface area contributed by atoms with E-state index < -0.39 is 0 Å². The van der Waals surface area contributed by atoms with Crippen LogP contribution in [-0.2, 0) is 0 Å². The topological polar surface area (TPSA) is 0 Å². The molecule has 0 nitrogen and oxygen atoms in total. The summed E-state index contributed by atoms with van der Waals surface area (Å²) in [5.74, 6) is 4.24. The predicted octanol–water partition coefficient (Wildman–Crippen LogP) is 6.59. The monoisotopic (exact) mass is 264 g/mol. The average molecular weight is 264 g/mol. The van der Waals surface area contributed by atoms with Crippen molar-refractivity contribution in [1.82, 2.24) is 0 Å². The van der Waals surface area contributed by atoms with Crippen molar-refractivity contribution in [1.29, 1.82) is 0 Å². The summed E-state index contributed by atoms with van der Waals surface area (Å²) in [5, 5.41) is 0. The maximum absolute atomic E-state index is 2.53. The molecule has 0 aromatic rings. The Morgan fingerprint density at radius 1 is 0.842 bits per heavy atom. The van der Waals surface area contributed by atoms with E-state index >= 15 is 0 Å². The van der Waals surface area contributed by atoms with E-state index in [1.165, 1.54) is 77.0 Å². The molecule has 0 radical (unpaired) electrons. The summed E-state index contributed by atoms with van der Waals surface area (Å²) in [6.07, 6.45) is 19.7. The fourth-order valence-corrected chi connectivity index (χ4v) is 4.79. The molecule has 0 aliphatic heterocycles. The lowest BCUT2D eigenvalue weighted by Gasteiger charge is -2.31. The smallest absolute Gasteiger partial charge is 0.0409 e. The first-order chi connectivity index (χ1) is 9.28. The van der Waals surface area contributed by atoms with Gasteiger partial charge in [-0.25, -0.2) is 0 Å². The van der Waals surface area contributed by atoms with Gasteiger partial charge in [-0.05, 0) is 36.5 Å². The summed E-state index contributed by atoms with van der Waals surface area (Å²) in [5.41, 5.74) is 0. The second-order valence-corrected chi connectivity index (χ2v) is 7.76. The quantitative estimate of drug-likeness (QED) is 0.486. The summed E-state index contributed by atoms with van der Waals surface area (Å²) in [4.78, 5) is 0. The van der Waals surface area contributed by atoms with Crippen molar-refractivity contribution < 1.29 is 0 Å². The van der Waals surface area contributed by atoms with Gasteiger partial charge >= 0.3 is 0 Å². The fraction of sp³-hybridized carbons (Fsp3) is 1.00. The Balaban J connectivity index is 1.61. The van der Waals surface area contributed by atoms with Crippen LogP contribution in [0.25, 0.3) is 0 Å². The van der Waals surface area contributed by atoms with Gasteiger partial charge in [-0.1, -0.05) is 84.5 Å². The highest BCUT2D eigenvalue weighted by Gasteiger charge is 2.23. The Morgan fingerprint density at radius 3 is 2.26 bits per heavy atom. The Hall–Kier alpha value is 0. The third-order valence-electron chi connectivity index (χ3n) is 5.87. The second kappa shape index (κ2) is 8.32. The van der Waals surface area contributed by atoms with Gasteiger partial charge in [-0.3, -0.25) is 0 Å². The molecule has 2 aliphatic rings. The molecule has 0 heteroatoms. The van der Waals surface area contributed by atoms with Crippen LogP contribution in [-0.4, -0.2) is 0 Å². The maximum Gasteiger partial charge on any atom is -0.0409 e. The van der Waals surface area contributed by atoms with Gasteiger partial charge in [-0.2, -0.15) is 0 Å². The highest BCUT2D eigenvalue weighted by Crippen LogP contribution is 2.37. The van der Waals surface area contributed by atoms with Gasteiger partial charge < -0.3 is 0 Å². The highest BCUT2D eigenvalue weighted by molar-refractivity contribution is 4.75. The Bertz CT molecular complexity index is 224. The molecule has 0 heterocycles. The van der Waals surface area contributed by atoms with Crippen LogP contribution in [0.15, 0.2) is 0 Å². The SMILES string of the molecule is CCCC1CCCC(CC(C)CCC2CCCC2)C1. The molecule has 3 atom stereocenters. The Morgan fingerprint density at radius 2 is 1.53 bits per heavy atom. The maximum atomic E-state index is 2.53. The molecule has 0 amide bonds. The molecule has 0 bridgehead atoms. The van der Waals surface area contributed by atoms with Crippen LogP contribution in [0.4, 0.5) is 0 Å². The van der Waals surface area contributed by atoms with Gasteiger partial charge in [0.15, 0.2) is 0 Å². The third-order valence-corrected chi connectivity index (χ3v) is 5.87. The van der Waals surface area contributed by atoms with Crippen LogP contribution in [0.2, 0.25) is 0 Å². The van der Waals surface area contributed by atoms with Gasteiger partial charge in [0.25, 0.3) is 0 Å². The largest absolute Gasteiger partial charge is 0.0654 e. The molecular formula is C19H36. The summed E-state index contributed by atoms with van der Waals surface area (Å²) in [6, 6.07) is 0. The third kappa shape index (κ3) is 5.48. The average Bonchev–Trinajstić information content (AvgIpc) is 2.90. The van der Waals surface area contributed by atoms with Crippen LogP contribution >= 0.6 is 0 Å². The van der Waals surface area contributed by atoms with Crippen molar-refractivity contribution in [2.75, 3.05) is 0 Å². The van der Waals surface area contributed by atoms with E-state index in [2.05, 4.69) is 13.8 Å². The molecule has 2 aliphatic carbocycles. The molecule has 0 saturated heterocycles. The van der Waals surface area contributed by atoms with Crippen LogP contribution in [0.1, 0.15) is 97.3 Å². The van der Waals surface area contributed by atoms with E-state index in [1.807, 2.05) is 0 Å². The van der Waals surface area contributed by atoms with Crippen molar-refractivity contribution in [2.45, 2.75) is 97.3 Å². The number of hydrogen-bond acceptors (Lipinski definition) is 0. The van der Waals surface area contributed by atoms with Crippen molar-refractivity contribution in [3.8, 4) is 0 Å². The standard InChI is InChI=1S/C19H36/c1-3-7-18-10-6-11-19(15-18)14-16(2)12-13-17-8-4-5-9-17/h16-19H,3-15H2,1-2H3. The van der Waals surface area contributed by atoms with Gasteiger partial charge in [0.1, 0.15) is 0 Å². The Kier molecular flexibility index (Phi) is 6.74. The van der Waals surface area contributed by atoms with E-state index in [0.29, 0.717) is 0 Å². The van der Waals surface area contributed by atoms with Gasteiger partial charge in [0, 0.05) is 0 Å². The number of rotatable bonds is 7. The summed E-state index contributed by atoms with van der Waals surface area (Å²) in [7, 11) is 0. The summed E-state index contributed by atoms with van der Waals surface area (Å²) in [6.45, 7) is 4.88. The van der Waals surface area contributed by atoms with Crippen LogP contribution < -0.4 is 0 Å². The minimum atomic E-state index is 0.992. The first kappa shape index (κ1) is 15.4. The first-order valence-electron chi connectivity index (χ1n) is 9.28. The minimum absolute atomic E-state index is 0.992. The van der Waals surface area contributed by atoms with Crippen LogP contribution in [0.3, 0.4) is 0 Å². The van der Waals surface area contributed by atoms with E-state index in [1.54, 1.807) is 6.42 Å². The molecule has 112 valence electrons. The molecule has 3 unspecified atom stereocenters. The Labute approximate surface area is 121 Å². The van der Waals surface area contributed by atoms with Gasteiger partial charge in [-0.15, -0.1) is 0 Å². The molecule has 2 rings (SSSR count). The lowest BCUT2D eigenvalue weighted by molar-refractivity contribution is 0.215. The van der Waals surface area contributed by atoms with Crippen molar-refractivity contribution >= 4 is 0 Å². The molecule has 2 saturated carbocycles. The molecule has 0 aromatic heterocycles. The van der Waals surface area contributed by atoms with Gasteiger partial charge in [0.05, 0.1) is 0 Å². The predicted molar refractivity (Wildman–Crippen MR) is 85.3 cm³/mol. The fourth-order valence-electron chi connectivity index (χ4n) is 4.79. The molecular weight excluding hydrogens is 228 g/mol. The molecule has 2 fully saturated rings. The van der Waals surface area contributed by atoms with Crippen molar-refractivity contribution in [2.24, 2.45) is 23.7 Å².